The third-order valence-electron chi connectivity index (χ3n) is 5.99. The highest BCUT2D eigenvalue weighted by Gasteiger charge is 2.22. The van der Waals surface area contributed by atoms with Crippen molar-refractivity contribution >= 4 is 0 Å². The minimum absolute atomic E-state index is 0.0875. The first-order chi connectivity index (χ1) is 16.6. The van der Waals surface area contributed by atoms with Crippen molar-refractivity contribution in [1.82, 2.24) is 24.8 Å². The van der Waals surface area contributed by atoms with Gasteiger partial charge in [-0.25, -0.2) is 4.98 Å². The van der Waals surface area contributed by atoms with Gasteiger partial charge < -0.3 is 14.5 Å². The van der Waals surface area contributed by atoms with E-state index in [9.17, 15) is 4.79 Å². The highest BCUT2D eigenvalue weighted by molar-refractivity contribution is 5.64. The summed E-state index contributed by atoms with van der Waals surface area (Å²) in [6, 6.07) is 13.6. The van der Waals surface area contributed by atoms with Crippen molar-refractivity contribution in [2.24, 2.45) is 0 Å². The predicted molar refractivity (Wildman–Crippen MR) is 129 cm³/mol. The van der Waals surface area contributed by atoms with Crippen LogP contribution in [0.4, 0.5) is 0 Å². The number of nitrogens with zero attached hydrogens (tertiary/aromatic N) is 4. The summed E-state index contributed by atoms with van der Waals surface area (Å²) >= 11 is 0. The van der Waals surface area contributed by atoms with Gasteiger partial charge in [-0.2, -0.15) is 0 Å². The maximum Gasteiger partial charge on any atom is 0.255 e. The van der Waals surface area contributed by atoms with Crippen molar-refractivity contribution in [3.63, 3.8) is 0 Å². The molecule has 1 aliphatic rings. The molecule has 4 aromatic rings. The first-order valence-electron chi connectivity index (χ1n) is 11.1. The van der Waals surface area contributed by atoms with Crippen LogP contribution in [0.15, 0.2) is 65.8 Å². The van der Waals surface area contributed by atoms with E-state index in [4.69, 9.17) is 14.5 Å². The summed E-state index contributed by atoms with van der Waals surface area (Å²) in [6.07, 6.45) is 6.02. The van der Waals surface area contributed by atoms with Crippen molar-refractivity contribution < 1.29 is 9.47 Å². The van der Waals surface area contributed by atoms with Crippen molar-refractivity contribution in [2.45, 2.75) is 19.5 Å². The van der Waals surface area contributed by atoms with Crippen LogP contribution < -0.4 is 15.0 Å². The molecule has 0 unspecified atom stereocenters. The molecule has 1 aliphatic heterocycles. The molecule has 5 rings (SSSR count). The van der Waals surface area contributed by atoms with E-state index in [-0.39, 0.29) is 5.56 Å². The Morgan fingerprint density at radius 1 is 1.03 bits per heavy atom. The first kappa shape index (κ1) is 21.8. The number of hydrogen-bond donors (Lipinski definition) is 1. The monoisotopic (exact) mass is 455 g/mol. The normalized spacial score (nSPS) is 13.4. The van der Waals surface area contributed by atoms with Crippen LogP contribution in [-0.4, -0.2) is 45.6 Å². The van der Waals surface area contributed by atoms with Crippen molar-refractivity contribution in [3.8, 4) is 34.1 Å². The number of rotatable bonds is 6. The summed E-state index contributed by atoms with van der Waals surface area (Å²) in [5.41, 5.74) is 5.22. The SMILES string of the molecule is COc1ccc(-c2ccc(CN3CCc4nc(-c5cccnc5)[nH]c(=O)c4C3)cn2)cc1OC. The summed E-state index contributed by atoms with van der Waals surface area (Å²) in [4.78, 5) is 31.4. The van der Waals surface area contributed by atoms with Gasteiger partial charge in [-0.15, -0.1) is 0 Å². The van der Waals surface area contributed by atoms with Gasteiger partial charge in [0.15, 0.2) is 11.5 Å². The Kier molecular flexibility index (Phi) is 6.05. The fourth-order valence-electron chi connectivity index (χ4n) is 4.20. The molecule has 8 heteroatoms. The lowest BCUT2D eigenvalue weighted by atomic mass is 10.1. The number of H-pyrrole nitrogens is 1. The molecule has 0 radical (unpaired) electrons. The molecule has 0 saturated heterocycles. The highest BCUT2D eigenvalue weighted by atomic mass is 16.5. The number of hydrogen-bond acceptors (Lipinski definition) is 7. The Balaban J connectivity index is 1.30. The molecule has 34 heavy (non-hydrogen) atoms. The lowest BCUT2D eigenvalue weighted by Crippen LogP contribution is -2.35. The largest absolute Gasteiger partial charge is 0.493 e. The molecule has 8 nitrogen and oxygen atoms in total. The molecule has 0 fully saturated rings. The minimum atomic E-state index is -0.0875. The number of fused-ring (bicyclic) bond motifs is 1. The second kappa shape index (κ2) is 9.44. The van der Waals surface area contributed by atoms with Crippen LogP contribution in [-0.2, 0) is 19.5 Å². The molecule has 0 saturated carbocycles. The van der Waals surface area contributed by atoms with Gasteiger partial charge in [-0.1, -0.05) is 6.07 Å². The molecule has 0 amide bonds. The molecular weight excluding hydrogens is 430 g/mol. The lowest BCUT2D eigenvalue weighted by molar-refractivity contribution is 0.241. The van der Waals surface area contributed by atoms with Crippen molar-refractivity contribution in [2.75, 3.05) is 20.8 Å². The van der Waals surface area contributed by atoms with Crippen molar-refractivity contribution in [3.05, 3.63) is 88.2 Å². The summed E-state index contributed by atoms with van der Waals surface area (Å²) in [7, 11) is 3.24. The van der Waals surface area contributed by atoms with Crippen LogP contribution in [0.25, 0.3) is 22.6 Å². The zero-order valence-corrected chi connectivity index (χ0v) is 19.1. The number of benzene rings is 1. The van der Waals surface area contributed by atoms with E-state index in [0.717, 1.165) is 46.6 Å². The zero-order chi connectivity index (χ0) is 23.5. The highest BCUT2D eigenvalue weighted by Crippen LogP contribution is 2.31. The second-order valence-electron chi connectivity index (χ2n) is 8.16. The van der Waals surface area contributed by atoms with Gasteiger partial charge in [0.25, 0.3) is 5.56 Å². The molecular formula is C26H25N5O3. The quantitative estimate of drug-likeness (QED) is 0.476. The predicted octanol–water partition coefficient (Wildman–Crippen LogP) is 3.47. The van der Waals surface area contributed by atoms with Gasteiger partial charge >= 0.3 is 0 Å². The van der Waals surface area contributed by atoms with Gasteiger partial charge in [0.05, 0.1) is 31.2 Å². The maximum absolute atomic E-state index is 12.8. The standard InChI is InChI=1S/C26H25N5O3/c1-33-23-8-6-18(12-24(23)34-2)21-7-5-17(13-28-21)15-31-11-9-22-20(16-31)26(32)30-25(29-22)19-4-3-10-27-14-19/h3-8,10,12-14H,9,11,15-16H2,1-2H3,(H,29,30,32). The van der Waals surface area contributed by atoms with E-state index in [1.807, 2.05) is 42.6 Å². The van der Waals surface area contributed by atoms with Gasteiger partial charge in [-0.05, 0) is 42.0 Å². The van der Waals surface area contributed by atoms with Crippen molar-refractivity contribution in [1.29, 1.82) is 0 Å². The van der Waals surface area contributed by atoms with Gasteiger partial charge in [0.1, 0.15) is 5.82 Å². The summed E-state index contributed by atoms with van der Waals surface area (Å²) < 4.78 is 10.7. The Morgan fingerprint density at radius 3 is 2.65 bits per heavy atom. The number of ether oxygens (including phenoxy) is 2. The summed E-state index contributed by atoms with van der Waals surface area (Å²) in [5.74, 6) is 1.92. The number of aromatic nitrogens is 4. The molecule has 4 heterocycles. The zero-order valence-electron chi connectivity index (χ0n) is 19.1. The van der Waals surface area contributed by atoms with E-state index in [1.54, 1.807) is 26.6 Å². The van der Waals surface area contributed by atoms with E-state index in [2.05, 4.69) is 25.9 Å². The smallest absolute Gasteiger partial charge is 0.255 e. The number of aromatic amines is 1. The first-order valence-corrected chi connectivity index (χ1v) is 11.1. The Bertz CT molecular complexity index is 1350. The average molecular weight is 456 g/mol. The fourth-order valence-corrected chi connectivity index (χ4v) is 4.20. The van der Waals surface area contributed by atoms with Crippen LogP contribution in [0.2, 0.25) is 0 Å². The van der Waals surface area contributed by atoms with E-state index in [0.29, 0.717) is 30.4 Å². The Hall–Kier alpha value is -4.04. The topological polar surface area (TPSA) is 93.2 Å². The van der Waals surface area contributed by atoms with Gasteiger partial charge in [0, 0.05) is 55.8 Å². The van der Waals surface area contributed by atoms with Gasteiger partial charge in [-0.3, -0.25) is 19.7 Å². The summed E-state index contributed by atoms with van der Waals surface area (Å²) in [5, 5.41) is 0. The molecule has 1 aromatic carbocycles. The molecule has 3 aromatic heterocycles. The summed E-state index contributed by atoms with van der Waals surface area (Å²) in [6.45, 7) is 2.10. The lowest BCUT2D eigenvalue weighted by Gasteiger charge is -2.27. The van der Waals surface area contributed by atoms with Crippen LogP contribution in [0.3, 0.4) is 0 Å². The number of nitrogens with one attached hydrogen (secondary N) is 1. The van der Waals surface area contributed by atoms with Crippen LogP contribution in [0.5, 0.6) is 11.5 Å². The molecule has 0 spiro atoms. The molecule has 0 atom stereocenters. The average Bonchev–Trinajstić information content (AvgIpc) is 2.89. The van der Waals surface area contributed by atoms with Crippen LogP contribution in [0.1, 0.15) is 16.8 Å². The molecule has 0 bridgehead atoms. The van der Waals surface area contributed by atoms with E-state index < -0.39 is 0 Å². The van der Waals surface area contributed by atoms with Crippen LogP contribution >= 0.6 is 0 Å². The van der Waals surface area contributed by atoms with Gasteiger partial charge in [0.2, 0.25) is 0 Å². The Morgan fingerprint density at radius 2 is 1.91 bits per heavy atom. The fraction of sp³-hybridized carbons (Fsp3) is 0.231. The molecule has 0 aliphatic carbocycles. The second-order valence-corrected chi connectivity index (χ2v) is 8.16. The number of methoxy groups -OCH3 is 2. The van der Waals surface area contributed by atoms with E-state index in [1.165, 1.54) is 0 Å². The third-order valence-corrected chi connectivity index (χ3v) is 5.99. The van der Waals surface area contributed by atoms with Crippen LogP contribution in [0, 0.1) is 0 Å². The molecule has 1 N–H and O–H groups in total. The van der Waals surface area contributed by atoms with E-state index >= 15 is 0 Å². The third kappa shape index (κ3) is 4.40. The minimum Gasteiger partial charge on any atom is -0.493 e. The maximum atomic E-state index is 12.8. The Labute approximate surface area is 197 Å². The number of pyridine rings is 2. The molecule has 172 valence electrons.